The van der Waals surface area contributed by atoms with Crippen molar-refractivity contribution < 1.29 is 19.7 Å². The van der Waals surface area contributed by atoms with Gasteiger partial charge in [-0.1, -0.05) is 83.3 Å². The lowest BCUT2D eigenvalue weighted by atomic mass is 9.93. The molecule has 1 fully saturated rings. The van der Waals surface area contributed by atoms with Crippen LogP contribution in [-0.4, -0.2) is 40.5 Å². The fourth-order valence-electron chi connectivity index (χ4n) is 3.37. The van der Waals surface area contributed by atoms with Crippen molar-refractivity contribution in [2.75, 3.05) is 6.61 Å². The molecule has 1 heterocycles. The van der Waals surface area contributed by atoms with Gasteiger partial charge < -0.3 is 20.7 Å². The first-order chi connectivity index (χ1) is 12.6. The fraction of sp³-hybridized carbons (Fsp3) is 0.857. The van der Waals surface area contributed by atoms with Crippen molar-refractivity contribution in [3.8, 4) is 0 Å². The number of carbonyl (C=O) groups excluding carboxylic acids is 1. The number of carbonyl (C=O) groups is 1. The molecule has 4 N–H and O–H groups in total. The molecule has 0 bridgehead atoms. The number of ether oxygens (including phenoxy) is 1. The highest BCUT2D eigenvalue weighted by Gasteiger charge is 2.53. The first kappa shape index (κ1) is 23.1. The summed E-state index contributed by atoms with van der Waals surface area (Å²) in [4.78, 5) is 11.6. The molecular weight excluding hydrogens is 330 g/mol. The quantitative estimate of drug-likeness (QED) is 0.233. The summed E-state index contributed by atoms with van der Waals surface area (Å²) in [6, 6.07) is 0. The van der Waals surface area contributed by atoms with Crippen LogP contribution in [0.4, 0.5) is 0 Å². The van der Waals surface area contributed by atoms with Crippen LogP contribution in [0.15, 0.2) is 12.2 Å². The van der Waals surface area contributed by atoms with Gasteiger partial charge in [-0.3, -0.25) is 0 Å². The predicted octanol–water partition coefficient (Wildman–Crippen LogP) is 3.61. The van der Waals surface area contributed by atoms with Crippen LogP contribution in [0.25, 0.3) is 0 Å². The highest BCUT2D eigenvalue weighted by atomic mass is 16.6. The summed E-state index contributed by atoms with van der Waals surface area (Å²) in [7, 11) is 0. The maximum atomic E-state index is 11.6. The van der Waals surface area contributed by atoms with E-state index in [0.29, 0.717) is 6.42 Å². The Morgan fingerprint density at radius 2 is 1.54 bits per heavy atom. The Morgan fingerprint density at radius 1 is 1.00 bits per heavy atom. The van der Waals surface area contributed by atoms with E-state index in [4.69, 9.17) is 10.5 Å². The van der Waals surface area contributed by atoms with Gasteiger partial charge in [-0.2, -0.15) is 0 Å². The molecule has 0 aromatic rings. The van der Waals surface area contributed by atoms with E-state index in [1.807, 2.05) is 6.08 Å². The molecule has 5 nitrogen and oxygen atoms in total. The van der Waals surface area contributed by atoms with Crippen molar-refractivity contribution in [3.63, 3.8) is 0 Å². The van der Waals surface area contributed by atoms with Crippen molar-refractivity contribution in [2.45, 2.75) is 108 Å². The van der Waals surface area contributed by atoms with Crippen molar-refractivity contribution in [3.05, 3.63) is 12.2 Å². The Kier molecular flexibility index (Phi) is 11.8. The minimum atomic E-state index is -1.67. The molecule has 0 radical (unpaired) electrons. The van der Waals surface area contributed by atoms with Crippen LogP contribution in [0.3, 0.4) is 0 Å². The van der Waals surface area contributed by atoms with Crippen molar-refractivity contribution >= 4 is 5.97 Å². The zero-order chi connectivity index (χ0) is 19.3. The lowest BCUT2D eigenvalue weighted by molar-refractivity contribution is -0.146. The number of hydrogen-bond donors (Lipinski definition) is 3. The van der Waals surface area contributed by atoms with E-state index < -0.39 is 30.3 Å². The molecule has 1 rings (SSSR count). The second-order valence-electron chi connectivity index (χ2n) is 7.62. The molecule has 0 aliphatic carbocycles. The monoisotopic (exact) mass is 369 g/mol. The van der Waals surface area contributed by atoms with Gasteiger partial charge in [0, 0.05) is 6.42 Å². The number of esters is 1. The Morgan fingerprint density at radius 3 is 2.04 bits per heavy atom. The summed E-state index contributed by atoms with van der Waals surface area (Å²) in [6.07, 6.45) is 18.3. The van der Waals surface area contributed by atoms with Crippen LogP contribution in [0.1, 0.15) is 90.4 Å². The summed E-state index contributed by atoms with van der Waals surface area (Å²) >= 11 is 0. The van der Waals surface area contributed by atoms with Gasteiger partial charge in [-0.05, 0) is 12.8 Å². The average Bonchev–Trinajstić information content (AvgIpc) is 2.86. The number of aliphatic hydroxyl groups excluding tert-OH is 2. The molecule has 26 heavy (non-hydrogen) atoms. The number of nitrogens with two attached hydrogens (primary N) is 1. The predicted molar refractivity (Wildman–Crippen MR) is 105 cm³/mol. The van der Waals surface area contributed by atoms with Gasteiger partial charge in [0.2, 0.25) is 0 Å². The molecule has 0 aromatic carbocycles. The van der Waals surface area contributed by atoms with E-state index in [-0.39, 0.29) is 0 Å². The van der Waals surface area contributed by atoms with Gasteiger partial charge in [0.05, 0.1) is 6.61 Å². The van der Waals surface area contributed by atoms with Gasteiger partial charge >= 0.3 is 5.97 Å². The normalized spacial score (nSPS) is 25.9. The van der Waals surface area contributed by atoms with Gasteiger partial charge in [0.1, 0.15) is 12.2 Å². The molecule has 0 amide bonds. The minimum absolute atomic E-state index is 0.434. The lowest BCUT2D eigenvalue weighted by Crippen LogP contribution is -2.57. The number of unbranched alkanes of at least 4 members (excludes halogenated alkanes) is 11. The first-order valence-corrected chi connectivity index (χ1v) is 10.5. The number of allylic oxidation sites excluding steroid dienone is 1. The molecule has 3 atom stereocenters. The number of cyclic esters (lactones) is 1. The molecule has 0 unspecified atom stereocenters. The molecular formula is C21H39NO4. The number of rotatable bonds is 15. The molecule has 1 aliphatic rings. The van der Waals surface area contributed by atoms with Gasteiger partial charge in [-0.25, -0.2) is 4.79 Å². The summed E-state index contributed by atoms with van der Waals surface area (Å²) < 4.78 is 5.07. The van der Waals surface area contributed by atoms with Crippen LogP contribution >= 0.6 is 0 Å². The minimum Gasteiger partial charge on any atom is -0.458 e. The highest BCUT2D eigenvalue weighted by Crippen LogP contribution is 2.26. The molecule has 0 saturated carbocycles. The van der Waals surface area contributed by atoms with Crippen LogP contribution < -0.4 is 5.73 Å². The standard InChI is InChI=1S/C21H39NO4/c1-2-3-4-5-6-7-8-9-10-11-12-13-14-15-16-18-19(24)21(22,17-23)20(25)26-18/h14-15,18-19,23-24H,2-13,16-17,22H2,1H3/b15-14+/t18-,19+,21+/m1/s1. The smallest absolute Gasteiger partial charge is 0.331 e. The Labute approximate surface area is 159 Å². The van der Waals surface area contributed by atoms with E-state index in [1.165, 1.54) is 64.2 Å². The van der Waals surface area contributed by atoms with Crippen LogP contribution in [-0.2, 0) is 9.53 Å². The summed E-state index contributed by atoms with van der Waals surface area (Å²) in [5.74, 6) is -0.726. The third kappa shape index (κ3) is 7.77. The van der Waals surface area contributed by atoms with E-state index in [0.717, 1.165) is 12.8 Å². The van der Waals surface area contributed by atoms with E-state index in [2.05, 4.69) is 13.0 Å². The zero-order valence-corrected chi connectivity index (χ0v) is 16.5. The first-order valence-electron chi connectivity index (χ1n) is 10.5. The SMILES string of the molecule is CCCCCCCCCCCCC/C=C/C[C@H]1OC(=O)[C@](N)(CO)[C@H]1O. The molecule has 0 spiro atoms. The largest absolute Gasteiger partial charge is 0.458 e. The molecule has 152 valence electrons. The molecule has 1 aliphatic heterocycles. The van der Waals surface area contributed by atoms with Crippen molar-refractivity contribution in [1.29, 1.82) is 0 Å². The third-order valence-corrected chi connectivity index (χ3v) is 5.29. The van der Waals surface area contributed by atoms with Gasteiger partial charge in [-0.15, -0.1) is 0 Å². The summed E-state index contributed by atoms with van der Waals surface area (Å²) in [5, 5.41) is 19.2. The second kappa shape index (κ2) is 13.3. The third-order valence-electron chi connectivity index (χ3n) is 5.29. The average molecular weight is 370 g/mol. The van der Waals surface area contributed by atoms with Crippen LogP contribution in [0.5, 0.6) is 0 Å². The van der Waals surface area contributed by atoms with Crippen LogP contribution in [0, 0.1) is 0 Å². The van der Waals surface area contributed by atoms with Crippen LogP contribution in [0.2, 0.25) is 0 Å². The Hall–Kier alpha value is -0.910. The fourth-order valence-corrected chi connectivity index (χ4v) is 3.37. The molecule has 1 saturated heterocycles. The highest BCUT2D eigenvalue weighted by molar-refractivity contribution is 5.84. The maximum absolute atomic E-state index is 11.6. The van der Waals surface area contributed by atoms with Crippen molar-refractivity contribution in [2.24, 2.45) is 5.73 Å². The summed E-state index contributed by atoms with van der Waals surface area (Å²) in [5.41, 5.74) is 4.02. The van der Waals surface area contributed by atoms with E-state index >= 15 is 0 Å². The Bertz CT molecular complexity index is 413. The number of aliphatic hydroxyl groups is 2. The lowest BCUT2D eigenvalue weighted by Gasteiger charge is -2.21. The summed E-state index contributed by atoms with van der Waals surface area (Å²) in [6.45, 7) is 1.65. The van der Waals surface area contributed by atoms with Crippen molar-refractivity contribution in [1.82, 2.24) is 0 Å². The van der Waals surface area contributed by atoms with Gasteiger partial charge in [0.15, 0.2) is 5.54 Å². The van der Waals surface area contributed by atoms with E-state index in [9.17, 15) is 15.0 Å². The van der Waals surface area contributed by atoms with E-state index in [1.54, 1.807) is 0 Å². The molecule has 5 heteroatoms. The molecule has 0 aromatic heterocycles. The Balaban J connectivity index is 1.96. The number of hydrogen-bond acceptors (Lipinski definition) is 5. The van der Waals surface area contributed by atoms with Gasteiger partial charge in [0.25, 0.3) is 0 Å². The zero-order valence-electron chi connectivity index (χ0n) is 16.5. The maximum Gasteiger partial charge on any atom is 0.331 e. The topological polar surface area (TPSA) is 92.8 Å². The second-order valence-corrected chi connectivity index (χ2v) is 7.62.